The van der Waals surface area contributed by atoms with Gasteiger partial charge in [-0.3, -0.25) is 14.5 Å². The van der Waals surface area contributed by atoms with Crippen molar-refractivity contribution in [1.82, 2.24) is 10.2 Å². The van der Waals surface area contributed by atoms with E-state index >= 15 is 0 Å². The van der Waals surface area contributed by atoms with Crippen molar-refractivity contribution in [3.63, 3.8) is 0 Å². The monoisotopic (exact) mass is 488 g/mol. The number of ether oxygens (including phenoxy) is 4. The number of amides is 1. The molecule has 0 radical (unpaired) electrons. The van der Waals surface area contributed by atoms with Crippen LogP contribution in [0.15, 0.2) is 0 Å². The van der Waals surface area contributed by atoms with Crippen LogP contribution in [-0.2, 0) is 33.3 Å². The zero-order chi connectivity index (χ0) is 23.9. The molecule has 33 heavy (non-hydrogen) atoms. The Balaban J connectivity index is 1.60. The molecule has 11 heteroatoms. The average Bonchev–Trinajstić information content (AvgIpc) is 2.82. The summed E-state index contributed by atoms with van der Waals surface area (Å²) in [5.41, 5.74) is 0. The number of morpholine rings is 1. The number of carbonyl (C=O) groups is 4. The third-order valence-electron chi connectivity index (χ3n) is 5.56. The van der Waals surface area contributed by atoms with Crippen LogP contribution in [-0.4, -0.2) is 86.1 Å². The van der Waals surface area contributed by atoms with Gasteiger partial charge in [0.25, 0.3) is 0 Å². The molecule has 2 fully saturated rings. The van der Waals surface area contributed by atoms with Gasteiger partial charge < -0.3 is 24.3 Å². The van der Waals surface area contributed by atoms with Gasteiger partial charge in [-0.2, -0.15) is 0 Å². The summed E-state index contributed by atoms with van der Waals surface area (Å²) in [5, 5.41) is 1.80. The molecule has 1 heterocycles. The number of carbonyl (C=O) groups excluding carboxylic acids is 4. The number of hydrogen-bond donors (Lipinski definition) is 1. The molecule has 0 aromatic carbocycles. The summed E-state index contributed by atoms with van der Waals surface area (Å²) in [5.74, 6) is -1.51. The van der Waals surface area contributed by atoms with Gasteiger partial charge >= 0.3 is 17.2 Å². The van der Waals surface area contributed by atoms with Gasteiger partial charge in [-0.1, -0.05) is 19.3 Å². The molecular formula is C22H36N2O8S. The van der Waals surface area contributed by atoms with Gasteiger partial charge in [0.2, 0.25) is 12.7 Å². The molecule has 1 aliphatic heterocycles. The van der Waals surface area contributed by atoms with E-state index in [9.17, 15) is 19.2 Å². The minimum Gasteiger partial charge on any atom is -0.464 e. The molecule has 2 aliphatic rings. The first-order valence-electron chi connectivity index (χ1n) is 11.7. The summed E-state index contributed by atoms with van der Waals surface area (Å²) in [6.07, 6.45) is 6.33. The summed E-state index contributed by atoms with van der Waals surface area (Å²) in [4.78, 5) is 50.0. The van der Waals surface area contributed by atoms with Gasteiger partial charge in [-0.25, -0.2) is 9.59 Å². The molecular weight excluding hydrogens is 452 g/mol. The summed E-state index contributed by atoms with van der Waals surface area (Å²) in [6.45, 7) is 5.31. The van der Waals surface area contributed by atoms with E-state index in [0.29, 0.717) is 6.42 Å². The van der Waals surface area contributed by atoms with Crippen molar-refractivity contribution in [3.05, 3.63) is 0 Å². The molecule has 0 unspecified atom stereocenters. The standard InChI is InChI=1S/C22H36N2O8S/c1-17(25)23-19(21(27)30-12-6-5-9-24-10-13-29-14-11-24)15-33-22(28)32-16-31-20(26)18-7-3-2-4-8-18/h18-19H,2-16H2,1H3,(H,23,25)/t19-/m0/s1. The van der Waals surface area contributed by atoms with Crippen molar-refractivity contribution >= 4 is 34.9 Å². The SMILES string of the molecule is CC(=O)N[C@@H](CSC(=O)OCOC(=O)C1CCCCC1)C(=O)OCCCCN1CCOCC1. The van der Waals surface area contributed by atoms with Gasteiger partial charge in [0, 0.05) is 25.8 Å². The predicted octanol–water partition coefficient (Wildman–Crippen LogP) is 2.10. The fraction of sp³-hybridized carbons (Fsp3) is 0.818. The fourth-order valence-corrected chi connectivity index (χ4v) is 4.39. The first kappa shape index (κ1) is 27.4. The number of hydrogen-bond acceptors (Lipinski definition) is 10. The molecule has 1 saturated heterocycles. The van der Waals surface area contributed by atoms with Crippen LogP contribution in [0.1, 0.15) is 51.9 Å². The number of thioether (sulfide) groups is 1. The van der Waals surface area contributed by atoms with Crippen LogP contribution in [0.2, 0.25) is 0 Å². The fourth-order valence-electron chi connectivity index (χ4n) is 3.73. The van der Waals surface area contributed by atoms with Gasteiger partial charge in [0.05, 0.1) is 25.7 Å². The van der Waals surface area contributed by atoms with E-state index in [2.05, 4.69) is 10.2 Å². The average molecular weight is 489 g/mol. The van der Waals surface area contributed by atoms with E-state index in [0.717, 1.165) is 83.1 Å². The van der Waals surface area contributed by atoms with Crippen molar-refractivity contribution < 1.29 is 38.1 Å². The zero-order valence-electron chi connectivity index (χ0n) is 19.4. The van der Waals surface area contributed by atoms with Gasteiger partial charge in [-0.15, -0.1) is 0 Å². The van der Waals surface area contributed by atoms with Crippen molar-refractivity contribution in [2.45, 2.75) is 57.9 Å². The molecule has 0 spiro atoms. The second-order valence-electron chi connectivity index (χ2n) is 8.20. The highest BCUT2D eigenvalue weighted by Gasteiger charge is 2.25. The Morgan fingerprint density at radius 3 is 2.45 bits per heavy atom. The van der Waals surface area contributed by atoms with Crippen molar-refractivity contribution in [2.24, 2.45) is 5.92 Å². The smallest absolute Gasteiger partial charge is 0.370 e. The molecule has 2 rings (SSSR count). The second-order valence-corrected chi connectivity index (χ2v) is 9.16. The predicted molar refractivity (Wildman–Crippen MR) is 122 cm³/mol. The highest BCUT2D eigenvalue weighted by molar-refractivity contribution is 8.13. The lowest BCUT2D eigenvalue weighted by Crippen LogP contribution is -2.43. The molecule has 0 aromatic rings. The van der Waals surface area contributed by atoms with E-state index in [1.54, 1.807) is 0 Å². The quantitative estimate of drug-likeness (QED) is 0.248. The maximum Gasteiger partial charge on any atom is 0.370 e. The van der Waals surface area contributed by atoms with E-state index in [4.69, 9.17) is 18.9 Å². The number of nitrogens with one attached hydrogen (secondary N) is 1. The summed E-state index contributed by atoms with van der Waals surface area (Å²) in [6, 6.07) is -0.968. The Labute approximate surface area is 199 Å². The Kier molecular flexibility index (Phi) is 13.2. The number of rotatable bonds is 12. The van der Waals surface area contributed by atoms with E-state index < -0.39 is 30.0 Å². The Hall–Kier alpha value is -1.85. The van der Waals surface area contributed by atoms with E-state index in [1.165, 1.54) is 6.92 Å². The van der Waals surface area contributed by atoms with Crippen LogP contribution in [0, 0.1) is 5.92 Å². The normalized spacial score (nSPS) is 18.2. The van der Waals surface area contributed by atoms with E-state index in [1.807, 2.05) is 0 Å². The molecule has 1 amide bonds. The molecule has 10 nitrogen and oxygen atoms in total. The van der Waals surface area contributed by atoms with Crippen molar-refractivity contribution in [3.8, 4) is 0 Å². The highest BCUT2D eigenvalue weighted by atomic mass is 32.2. The number of esters is 2. The molecule has 188 valence electrons. The van der Waals surface area contributed by atoms with Crippen LogP contribution in [0.25, 0.3) is 0 Å². The van der Waals surface area contributed by atoms with Gasteiger partial charge in [0.15, 0.2) is 0 Å². The molecule has 1 aliphatic carbocycles. The zero-order valence-corrected chi connectivity index (χ0v) is 20.2. The molecule has 0 aromatic heterocycles. The van der Waals surface area contributed by atoms with Gasteiger partial charge in [-0.05, 0) is 44.0 Å². The largest absolute Gasteiger partial charge is 0.464 e. The topological polar surface area (TPSA) is 120 Å². The Morgan fingerprint density at radius 2 is 1.76 bits per heavy atom. The second kappa shape index (κ2) is 15.9. The third kappa shape index (κ3) is 11.7. The first-order chi connectivity index (χ1) is 16.0. The maximum absolute atomic E-state index is 12.3. The highest BCUT2D eigenvalue weighted by Crippen LogP contribution is 2.24. The van der Waals surface area contributed by atoms with Gasteiger partial charge in [0.1, 0.15) is 6.04 Å². The number of unbranched alkanes of at least 4 members (excludes halogenated alkanes) is 1. The van der Waals surface area contributed by atoms with Crippen LogP contribution in [0.5, 0.6) is 0 Å². The lowest BCUT2D eigenvalue weighted by Gasteiger charge is -2.26. The van der Waals surface area contributed by atoms with Crippen LogP contribution in [0.4, 0.5) is 4.79 Å². The van der Waals surface area contributed by atoms with Crippen molar-refractivity contribution in [2.75, 3.05) is 52.0 Å². The van der Waals surface area contributed by atoms with Crippen molar-refractivity contribution in [1.29, 1.82) is 0 Å². The first-order valence-corrected chi connectivity index (χ1v) is 12.6. The van der Waals surface area contributed by atoms with Crippen LogP contribution in [0.3, 0.4) is 0 Å². The maximum atomic E-state index is 12.3. The Bertz CT molecular complexity index is 636. The van der Waals surface area contributed by atoms with E-state index in [-0.39, 0.29) is 24.2 Å². The molecule has 1 atom stereocenters. The van der Waals surface area contributed by atoms with Crippen LogP contribution < -0.4 is 5.32 Å². The number of nitrogens with zero attached hydrogens (tertiary/aromatic N) is 1. The summed E-state index contributed by atoms with van der Waals surface area (Å²) in [7, 11) is 0. The lowest BCUT2D eigenvalue weighted by atomic mass is 9.89. The summed E-state index contributed by atoms with van der Waals surface area (Å²) < 4.78 is 20.5. The minimum absolute atomic E-state index is 0.0401. The van der Waals surface area contributed by atoms with Crippen LogP contribution >= 0.6 is 11.8 Å². The summed E-state index contributed by atoms with van der Waals surface area (Å²) >= 11 is 0.718. The minimum atomic E-state index is -0.968. The molecule has 1 N–H and O–H groups in total. The Morgan fingerprint density at radius 1 is 1.03 bits per heavy atom. The lowest BCUT2D eigenvalue weighted by molar-refractivity contribution is -0.157. The molecule has 1 saturated carbocycles. The third-order valence-corrected chi connectivity index (χ3v) is 6.42. The molecule has 0 bridgehead atoms.